The number of hydrogen-bond donors (Lipinski definition) is 0. The van der Waals surface area contributed by atoms with Gasteiger partial charge in [0.15, 0.2) is 8.07 Å². The van der Waals surface area contributed by atoms with Gasteiger partial charge >= 0.3 is 0 Å². The van der Waals surface area contributed by atoms with Crippen molar-refractivity contribution in [1.82, 2.24) is 18.9 Å². The van der Waals surface area contributed by atoms with Crippen LogP contribution in [0.4, 0.5) is 17.2 Å². The molecule has 0 bridgehead atoms. The Bertz CT molecular complexity index is 3680. The second-order valence-electron chi connectivity index (χ2n) is 16.2. The smallest absolute Gasteiger partial charge is 0.184 e. The molecule has 296 valence electrons. The van der Waals surface area contributed by atoms with Gasteiger partial charge in [-0.1, -0.05) is 140 Å². The van der Waals surface area contributed by atoms with Gasteiger partial charge in [0.2, 0.25) is 0 Å². The van der Waals surface area contributed by atoms with Crippen LogP contribution in [0.1, 0.15) is 0 Å². The Labute approximate surface area is 364 Å². The Kier molecular flexibility index (Phi) is 7.82. The number of ether oxygens (including phenoxy) is 1. The molecule has 13 rings (SSSR count). The predicted octanol–water partition coefficient (Wildman–Crippen LogP) is 11.1. The fourth-order valence-electron chi connectivity index (χ4n) is 10.4. The molecule has 0 spiro atoms. The summed E-state index contributed by atoms with van der Waals surface area (Å²) in [5.41, 5.74) is 7.57. The molecule has 0 aliphatic carbocycles. The number of benzene rings is 8. The number of aromatic nitrogens is 4. The van der Waals surface area contributed by atoms with Crippen LogP contribution >= 0.6 is 0 Å². The van der Waals surface area contributed by atoms with Gasteiger partial charge in [-0.05, 0) is 86.8 Å². The van der Waals surface area contributed by atoms with E-state index in [0.29, 0.717) is 0 Å². The number of para-hydroxylation sites is 3. The summed E-state index contributed by atoms with van der Waals surface area (Å²) in [4.78, 5) is 12.3. The Balaban J connectivity index is 1.13. The summed E-state index contributed by atoms with van der Waals surface area (Å²) in [6, 6.07) is 74.4. The number of rotatable bonds is 6. The lowest BCUT2D eigenvalue weighted by molar-refractivity contribution is 0.484. The molecule has 4 aromatic heterocycles. The van der Waals surface area contributed by atoms with Crippen LogP contribution in [0, 0.1) is 0 Å². The standard InChI is InChI=1S/C56H37N5OSi/c1-4-16-38(17-5-1)60-49-25-13-11-23-45(49)46-30-32-52-55(54(46)60)61(53-26-14-15-33-57-53)50-37-40(28-31-51(50)63(52,41-18-6-2-7-19-41)42-20-8-3-9-21-42)62-39-27-29-43-44-22-10-12-24-48(44)59-35-34-58-56(59)47(43)36-39/h1-37H. The zero-order valence-corrected chi connectivity index (χ0v) is 35.0. The molecule has 1 aliphatic heterocycles. The zero-order valence-electron chi connectivity index (χ0n) is 34.0. The SMILES string of the molecule is c1ccc(-n2c3ccccc3c3ccc4c(c32)N(c2ccccn2)c2cc(Oc3ccc5c6ccccc6n6ccnc6c5c3)ccc2[Si]4(c2ccccc2)c2ccccc2)cc1. The predicted molar refractivity (Wildman–Crippen MR) is 261 cm³/mol. The van der Waals surface area contributed by atoms with Crippen molar-refractivity contribution in [3.05, 3.63) is 225 Å². The molecular formula is C56H37N5OSi. The molecular weight excluding hydrogens is 787 g/mol. The van der Waals surface area contributed by atoms with Crippen LogP contribution in [0.3, 0.4) is 0 Å². The number of nitrogens with zero attached hydrogens (tertiary/aromatic N) is 5. The second kappa shape index (κ2) is 13.9. The Hall–Kier alpha value is -8.26. The third-order valence-corrected chi connectivity index (χ3v) is 17.8. The van der Waals surface area contributed by atoms with E-state index >= 15 is 0 Å². The summed E-state index contributed by atoms with van der Waals surface area (Å²) in [5.74, 6) is 2.31. The molecule has 0 saturated carbocycles. The topological polar surface area (TPSA) is 47.6 Å². The molecule has 0 radical (unpaired) electrons. The van der Waals surface area contributed by atoms with E-state index in [9.17, 15) is 0 Å². The van der Waals surface area contributed by atoms with Crippen LogP contribution in [-0.2, 0) is 0 Å². The lowest BCUT2D eigenvalue weighted by Gasteiger charge is -2.45. The van der Waals surface area contributed by atoms with Crippen LogP contribution in [0.2, 0.25) is 0 Å². The summed E-state index contributed by atoms with van der Waals surface area (Å²) in [6.45, 7) is 0. The molecule has 12 aromatic rings. The number of hydrogen-bond acceptors (Lipinski definition) is 4. The van der Waals surface area contributed by atoms with Gasteiger partial charge in [-0.2, -0.15) is 0 Å². The number of fused-ring (bicyclic) bond motifs is 12. The van der Waals surface area contributed by atoms with E-state index in [4.69, 9.17) is 14.7 Å². The maximum Gasteiger partial charge on any atom is 0.184 e. The highest BCUT2D eigenvalue weighted by atomic mass is 28.3. The fourth-order valence-corrected chi connectivity index (χ4v) is 15.5. The van der Waals surface area contributed by atoms with E-state index in [2.05, 4.69) is 214 Å². The summed E-state index contributed by atoms with van der Waals surface area (Å²) in [5, 5.41) is 10.9. The summed E-state index contributed by atoms with van der Waals surface area (Å²) in [7, 11) is -3.09. The van der Waals surface area contributed by atoms with Gasteiger partial charge < -0.3 is 9.30 Å². The maximum atomic E-state index is 7.00. The number of imidazole rings is 1. The molecule has 6 nitrogen and oxygen atoms in total. The first-order valence-electron chi connectivity index (χ1n) is 21.3. The lowest BCUT2D eigenvalue weighted by atomic mass is 10.1. The zero-order chi connectivity index (χ0) is 41.5. The third kappa shape index (κ3) is 5.17. The molecule has 0 unspecified atom stereocenters. The first-order valence-corrected chi connectivity index (χ1v) is 23.3. The van der Waals surface area contributed by atoms with Crippen LogP contribution in [0.5, 0.6) is 11.5 Å². The van der Waals surface area contributed by atoms with E-state index < -0.39 is 8.07 Å². The van der Waals surface area contributed by atoms with Gasteiger partial charge in [-0.15, -0.1) is 0 Å². The Morgan fingerprint density at radius 2 is 1.06 bits per heavy atom. The van der Waals surface area contributed by atoms with E-state index in [-0.39, 0.29) is 0 Å². The number of pyridine rings is 2. The molecule has 0 fully saturated rings. The van der Waals surface area contributed by atoms with Crippen molar-refractivity contribution in [2.24, 2.45) is 0 Å². The first kappa shape index (κ1) is 35.5. The van der Waals surface area contributed by atoms with Crippen molar-refractivity contribution < 1.29 is 4.74 Å². The summed E-state index contributed by atoms with van der Waals surface area (Å²) < 4.78 is 11.6. The van der Waals surface area contributed by atoms with Crippen molar-refractivity contribution in [2.75, 3.05) is 4.90 Å². The normalized spacial score (nSPS) is 13.2. The van der Waals surface area contributed by atoms with Crippen molar-refractivity contribution >= 4 is 95.1 Å². The van der Waals surface area contributed by atoms with Gasteiger partial charge in [0.1, 0.15) is 23.0 Å². The summed E-state index contributed by atoms with van der Waals surface area (Å²) >= 11 is 0. The summed E-state index contributed by atoms with van der Waals surface area (Å²) in [6.07, 6.45) is 5.79. The van der Waals surface area contributed by atoms with Gasteiger partial charge in [0.25, 0.3) is 0 Å². The molecule has 8 aromatic carbocycles. The average Bonchev–Trinajstić information content (AvgIpc) is 3.99. The molecule has 7 heteroatoms. The van der Waals surface area contributed by atoms with E-state index in [0.717, 1.165) is 67.3 Å². The van der Waals surface area contributed by atoms with E-state index in [1.165, 1.54) is 36.9 Å². The van der Waals surface area contributed by atoms with Crippen LogP contribution < -0.4 is 30.4 Å². The Morgan fingerprint density at radius 3 is 1.81 bits per heavy atom. The molecule has 5 heterocycles. The van der Waals surface area contributed by atoms with E-state index in [1.807, 2.05) is 24.7 Å². The van der Waals surface area contributed by atoms with Crippen molar-refractivity contribution in [1.29, 1.82) is 0 Å². The van der Waals surface area contributed by atoms with E-state index in [1.54, 1.807) is 0 Å². The molecule has 0 atom stereocenters. The molecule has 0 amide bonds. The van der Waals surface area contributed by atoms with Gasteiger partial charge in [0.05, 0.1) is 27.9 Å². The van der Waals surface area contributed by atoms with Crippen molar-refractivity contribution in [3.8, 4) is 17.2 Å². The van der Waals surface area contributed by atoms with Crippen molar-refractivity contribution in [2.45, 2.75) is 0 Å². The fraction of sp³-hybridized carbons (Fsp3) is 0. The van der Waals surface area contributed by atoms with Crippen LogP contribution in [0.25, 0.3) is 54.8 Å². The van der Waals surface area contributed by atoms with Gasteiger partial charge in [-0.3, -0.25) is 9.30 Å². The molecule has 0 N–H and O–H groups in total. The molecule has 1 aliphatic rings. The second-order valence-corrected chi connectivity index (χ2v) is 19.9. The minimum absolute atomic E-state index is 0.734. The average molecular weight is 824 g/mol. The molecule has 63 heavy (non-hydrogen) atoms. The lowest BCUT2D eigenvalue weighted by Crippen LogP contribution is -2.77. The van der Waals surface area contributed by atoms with Crippen LogP contribution in [0.15, 0.2) is 225 Å². The van der Waals surface area contributed by atoms with Crippen LogP contribution in [-0.4, -0.2) is 27.0 Å². The molecule has 0 saturated heterocycles. The van der Waals surface area contributed by atoms with Gasteiger partial charge in [0, 0.05) is 51.9 Å². The Morgan fingerprint density at radius 1 is 0.444 bits per heavy atom. The largest absolute Gasteiger partial charge is 0.457 e. The maximum absolute atomic E-state index is 7.00. The highest BCUT2D eigenvalue weighted by Crippen LogP contribution is 2.46. The monoisotopic (exact) mass is 823 g/mol. The minimum Gasteiger partial charge on any atom is -0.457 e. The van der Waals surface area contributed by atoms with Gasteiger partial charge in [-0.25, -0.2) is 9.97 Å². The highest BCUT2D eigenvalue weighted by molar-refractivity contribution is 7.21. The third-order valence-electron chi connectivity index (χ3n) is 12.9. The first-order chi connectivity index (χ1) is 31.3. The quantitative estimate of drug-likeness (QED) is 0.124. The highest BCUT2D eigenvalue weighted by Gasteiger charge is 2.50. The minimum atomic E-state index is -3.09. The van der Waals surface area contributed by atoms with Crippen molar-refractivity contribution in [3.63, 3.8) is 0 Å². The number of anilines is 3.